The van der Waals surface area contributed by atoms with Gasteiger partial charge in [0.2, 0.25) is 5.91 Å². The number of aromatic nitrogens is 2. The number of amides is 3. The number of nitrogens with zero attached hydrogens (tertiary/aromatic N) is 4. The molecule has 0 fully saturated rings. The Bertz CT molecular complexity index is 1020. The van der Waals surface area contributed by atoms with Crippen molar-refractivity contribution in [3.05, 3.63) is 83.8 Å². The Morgan fingerprint density at radius 2 is 1.86 bits per heavy atom. The lowest BCUT2D eigenvalue weighted by Crippen LogP contribution is -2.46. The molecule has 3 heterocycles. The Morgan fingerprint density at radius 1 is 1.11 bits per heavy atom. The summed E-state index contributed by atoms with van der Waals surface area (Å²) in [5, 5.41) is 0. The fourth-order valence-electron chi connectivity index (χ4n) is 3.34. The highest BCUT2D eigenvalue weighted by molar-refractivity contribution is 6.01. The third kappa shape index (κ3) is 3.07. The van der Waals surface area contributed by atoms with E-state index in [1.54, 1.807) is 52.7 Å². The smallest absolute Gasteiger partial charge is 0.331 e. The molecule has 1 aromatic carbocycles. The first-order chi connectivity index (χ1) is 13.6. The average Bonchev–Trinajstić information content (AvgIpc) is 2.73. The Hall–Kier alpha value is -3.74. The van der Waals surface area contributed by atoms with Gasteiger partial charge in [-0.2, -0.15) is 0 Å². The number of rotatable bonds is 4. The molecule has 28 heavy (non-hydrogen) atoms. The van der Waals surface area contributed by atoms with Gasteiger partial charge in [-0.1, -0.05) is 12.1 Å². The average molecular weight is 373 g/mol. The maximum absolute atomic E-state index is 13.4. The molecule has 0 radical (unpaired) electrons. The monoisotopic (exact) mass is 373 g/mol. The van der Waals surface area contributed by atoms with Gasteiger partial charge in [0, 0.05) is 29.7 Å². The van der Waals surface area contributed by atoms with Crippen LogP contribution in [0.3, 0.4) is 0 Å². The van der Waals surface area contributed by atoms with E-state index in [4.69, 9.17) is 5.73 Å². The molecule has 7 heteroatoms. The van der Waals surface area contributed by atoms with Crippen LogP contribution >= 0.6 is 0 Å². The van der Waals surface area contributed by atoms with Crippen molar-refractivity contribution >= 4 is 23.4 Å². The van der Waals surface area contributed by atoms with E-state index in [1.807, 2.05) is 31.2 Å². The number of nitrogens with two attached hydrogens (primary N) is 1. The van der Waals surface area contributed by atoms with E-state index in [-0.39, 0.29) is 12.1 Å². The molecule has 1 atom stereocenters. The third-order valence-electron chi connectivity index (χ3n) is 4.90. The molecule has 0 bridgehead atoms. The summed E-state index contributed by atoms with van der Waals surface area (Å²) in [7, 11) is 0. The fourth-order valence-corrected chi connectivity index (χ4v) is 3.34. The van der Waals surface area contributed by atoms with Crippen molar-refractivity contribution in [2.24, 2.45) is 5.73 Å². The molecule has 0 saturated heterocycles. The number of fused-ring (bicyclic) bond motifs is 1. The summed E-state index contributed by atoms with van der Waals surface area (Å²) in [5.41, 5.74) is 8.23. The van der Waals surface area contributed by atoms with Crippen molar-refractivity contribution in [1.82, 2.24) is 14.9 Å². The van der Waals surface area contributed by atoms with Crippen LogP contribution in [-0.2, 0) is 6.54 Å². The summed E-state index contributed by atoms with van der Waals surface area (Å²) in [6.45, 7) is 2.43. The van der Waals surface area contributed by atoms with Crippen molar-refractivity contribution in [3.63, 3.8) is 0 Å². The second-order valence-electron chi connectivity index (χ2n) is 6.61. The Labute approximate surface area is 162 Å². The Balaban J connectivity index is 1.76. The zero-order valence-corrected chi connectivity index (χ0v) is 15.3. The lowest BCUT2D eigenvalue weighted by Gasteiger charge is -2.39. The number of anilines is 2. The first kappa shape index (κ1) is 17.7. The molecule has 0 saturated carbocycles. The van der Waals surface area contributed by atoms with Crippen LogP contribution in [0.5, 0.6) is 0 Å². The molecule has 2 N–H and O–H groups in total. The highest BCUT2D eigenvalue weighted by Crippen LogP contribution is 2.36. The minimum atomic E-state index is -0.512. The highest BCUT2D eigenvalue weighted by atomic mass is 16.2. The normalized spacial score (nSPS) is 14.5. The zero-order chi connectivity index (χ0) is 19.7. The molecule has 1 aliphatic rings. The predicted octanol–water partition coefficient (Wildman–Crippen LogP) is 3.41. The van der Waals surface area contributed by atoms with Crippen LogP contribution in [0.2, 0.25) is 0 Å². The SMILES string of the molecule is CC(c1cccnc1)N1Cc2cccnc2N(c2ccc(C(N)=O)cc2)C1=O. The first-order valence-electron chi connectivity index (χ1n) is 8.90. The summed E-state index contributed by atoms with van der Waals surface area (Å²) in [4.78, 5) is 36.7. The molecule has 1 aliphatic heterocycles. The second kappa shape index (κ2) is 7.11. The Kier molecular flexibility index (Phi) is 4.49. The second-order valence-corrected chi connectivity index (χ2v) is 6.61. The van der Waals surface area contributed by atoms with Gasteiger partial charge in [-0.3, -0.25) is 9.78 Å². The zero-order valence-electron chi connectivity index (χ0n) is 15.3. The van der Waals surface area contributed by atoms with Crippen molar-refractivity contribution in [2.45, 2.75) is 19.5 Å². The van der Waals surface area contributed by atoms with Crippen LogP contribution in [0.25, 0.3) is 0 Å². The number of hydrogen-bond acceptors (Lipinski definition) is 4. The summed E-state index contributed by atoms with van der Waals surface area (Å²) in [6, 6.07) is 13.9. The van der Waals surface area contributed by atoms with E-state index in [9.17, 15) is 9.59 Å². The lowest BCUT2D eigenvalue weighted by atomic mass is 10.1. The highest BCUT2D eigenvalue weighted by Gasteiger charge is 2.35. The van der Waals surface area contributed by atoms with Gasteiger partial charge >= 0.3 is 6.03 Å². The Morgan fingerprint density at radius 3 is 2.54 bits per heavy atom. The van der Waals surface area contributed by atoms with Crippen LogP contribution in [0, 0.1) is 0 Å². The van der Waals surface area contributed by atoms with Crippen molar-refractivity contribution < 1.29 is 9.59 Å². The van der Waals surface area contributed by atoms with Gasteiger partial charge in [-0.05, 0) is 48.9 Å². The van der Waals surface area contributed by atoms with Gasteiger partial charge in [0.25, 0.3) is 0 Å². The minimum Gasteiger partial charge on any atom is -0.366 e. The number of primary amides is 1. The summed E-state index contributed by atoms with van der Waals surface area (Å²) in [5.74, 6) is 0.0795. The molecule has 7 nitrogen and oxygen atoms in total. The number of hydrogen-bond donors (Lipinski definition) is 1. The first-order valence-corrected chi connectivity index (χ1v) is 8.90. The number of benzene rings is 1. The molecule has 2 aromatic heterocycles. The molecular weight excluding hydrogens is 354 g/mol. The summed E-state index contributed by atoms with van der Waals surface area (Å²) in [6.07, 6.45) is 5.14. The molecule has 3 amide bonds. The van der Waals surface area contributed by atoms with Crippen molar-refractivity contribution in [2.75, 3.05) is 4.90 Å². The standard InChI is InChI=1S/C21H19N5O2/c1-14(16-4-2-10-23-12-16)25-13-17-5-3-11-24-20(17)26(21(25)28)18-8-6-15(7-9-18)19(22)27/h2-12,14H,13H2,1H3,(H2,22,27). The van der Waals surface area contributed by atoms with Crippen LogP contribution in [0.15, 0.2) is 67.1 Å². The molecule has 0 spiro atoms. The minimum absolute atomic E-state index is 0.165. The maximum Gasteiger partial charge on any atom is 0.331 e. The molecule has 4 rings (SSSR count). The summed E-state index contributed by atoms with van der Waals surface area (Å²) < 4.78 is 0. The van der Waals surface area contributed by atoms with E-state index in [1.165, 1.54) is 0 Å². The van der Waals surface area contributed by atoms with Crippen molar-refractivity contribution in [1.29, 1.82) is 0 Å². The van der Waals surface area contributed by atoms with Crippen LogP contribution in [-0.4, -0.2) is 26.8 Å². The largest absolute Gasteiger partial charge is 0.366 e. The van der Waals surface area contributed by atoms with E-state index in [0.29, 0.717) is 23.6 Å². The molecule has 0 aliphatic carbocycles. The number of pyridine rings is 2. The van der Waals surface area contributed by atoms with Gasteiger partial charge in [-0.15, -0.1) is 0 Å². The quantitative estimate of drug-likeness (QED) is 0.758. The summed E-state index contributed by atoms with van der Waals surface area (Å²) >= 11 is 0. The topological polar surface area (TPSA) is 92.4 Å². The van der Waals surface area contributed by atoms with Gasteiger partial charge < -0.3 is 10.6 Å². The maximum atomic E-state index is 13.4. The molecule has 140 valence electrons. The van der Waals surface area contributed by atoms with Crippen LogP contribution in [0.4, 0.5) is 16.3 Å². The number of carbonyl (C=O) groups excluding carboxylic acids is 2. The number of urea groups is 1. The van der Waals surface area contributed by atoms with E-state index in [0.717, 1.165) is 11.1 Å². The van der Waals surface area contributed by atoms with Crippen molar-refractivity contribution in [3.8, 4) is 0 Å². The van der Waals surface area contributed by atoms with Gasteiger partial charge in [0.1, 0.15) is 5.82 Å². The third-order valence-corrected chi connectivity index (χ3v) is 4.90. The lowest BCUT2D eigenvalue weighted by molar-refractivity contribution is 0.100. The molecular formula is C21H19N5O2. The van der Waals surface area contributed by atoms with E-state index < -0.39 is 5.91 Å². The molecule has 1 unspecified atom stereocenters. The van der Waals surface area contributed by atoms with Gasteiger partial charge in [-0.25, -0.2) is 14.7 Å². The van der Waals surface area contributed by atoms with E-state index >= 15 is 0 Å². The van der Waals surface area contributed by atoms with Crippen LogP contribution in [0.1, 0.15) is 34.5 Å². The predicted molar refractivity (Wildman–Crippen MR) is 105 cm³/mol. The van der Waals surface area contributed by atoms with Gasteiger partial charge in [0.15, 0.2) is 0 Å². The van der Waals surface area contributed by atoms with E-state index in [2.05, 4.69) is 9.97 Å². The van der Waals surface area contributed by atoms with Crippen LogP contribution < -0.4 is 10.6 Å². The van der Waals surface area contributed by atoms with Gasteiger partial charge in [0.05, 0.1) is 18.3 Å². The number of carbonyl (C=O) groups is 2. The fraction of sp³-hybridized carbons (Fsp3) is 0.143. The molecule has 3 aromatic rings.